The van der Waals surface area contributed by atoms with E-state index < -0.39 is 0 Å². The lowest BCUT2D eigenvalue weighted by atomic mass is 10.3. The van der Waals surface area contributed by atoms with E-state index in [1.54, 1.807) is 6.20 Å². The van der Waals surface area contributed by atoms with Crippen molar-refractivity contribution in [2.45, 2.75) is 0 Å². The summed E-state index contributed by atoms with van der Waals surface area (Å²) in [5, 5.41) is 10.1. The number of rotatable bonds is 0. The van der Waals surface area contributed by atoms with E-state index >= 15 is 0 Å². The number of aromatic nitrogens is 1. The molecule has 0 atom stereocenters. The van der Waals surface area contributed by atoms with Crippen LogP contribution in [0.15, 0.2) is 18.3 Å². The highest BCUT2D eigenvalue weighted by molar-refractivity contribution is 7.20. The summed E-state index contributed by atoms with van der Waals surface area (Å²) in [4.78, 5) is 4.59. The molecule has 12 heavy (non-hydrogen) atoms. The minimum absolute atomic E-state index is 0.471. The normalized spacial score (nSPS) is 10.0. The molecule has 0 spiro atoms. The number of hydrogen-bond acceptors (Lipinski definition) is 3. The summed E-state index contributed by atoms with van der Waals surface area (Å²) in [5.41, 5.74) is 0. The Morgan fingerprint density at radius 3 is 3.08 bits per heavy atom. The van der Waals surface area contributed by atoms with Gasteiger partial charge in [-0.3, -0.25) is 0 Å². The Labute approximate surface area is 78.0 Å². The molecule has 0 aliphatic heterocycles. The third-order valence-electron chi connectivity index (χ3n) is 1.50. The molecular formula is C8H3ClN2S. The van der Waals surface area contributed by atoms with Crippen LogP contribution in [0.3, 0.4) is 0 Å². The van der Waals surface area contributed by atoms with Gasteiger partial charge in [0, 0.05) is 6.20 Å². The van der Waals surface area contributed by atoms with Crippen molar-refractivity contribution in [2.24, 2.45) is 0 Å². The van der Waals surface area contributed by atoms with Crippen LogP contribution in [-0.2, 0) is 0 Å². The van der Waals surface area contributed by atoms with Gasteiger partial charge in [0.1, 0.15) is 16.1 Å². The first-order chi connectivity index (χ1) is 5.81. The number of thiophene rings is 1. The summed E-state index contributed by atoms with van der Waals surface area (Å²) in [6, 6.07) is 5.73. The van der Waals surface area contributed by atoms with E-state index in [1.165, 1.54) is 11.3 Å². The van der Waals surface area contributed by atoms with E-state index in [0.29, 0.717) is 10.0 Å². The minimum atomic E-state index is 0.471. The van der Waals surface area contributed by atoms with Crippen LogP contribution >= 0.6 is 22.9 Å². The van der Waals surface area contributed by atoms with Gasteiger partial charge in [-0.05, 0) is 17.5 Å². The van der Waals surface area contributed by atoms with Gasteiger partial charge in [-0.1, -0.05) is 11.6 Å². The molecule has 0 N–H and O–H groups in total. The van der Waals surface area contributed by atoms with Crippen molar-refractivity contribution in [3.63, 3.8) is 0 Å². The van der Waals surface area contributed by atoms with E-state index in [-0.39, 0.29) is 0 Å². The number of fused-ring (bicyclic) bond motifs is 1. The minimum Gasteiger partial charge on any atom is -0.243 e. The highest BCUT2D eigenvalue weighted by Gasteiger charge is 2.04. The SMILES string of the molecule is N#Cc1cc2ccnc(Cl)c2s1. The predicted octanol–water partition coefficient (Wildman–Crippen LogP) is 2.82. The summed E-state index contributed by atoms with van der Waals surface area (Å²) in [5.74, 6) is 0. The molecule has 0 aromatic carbocycles. The average Bonchev–Trinajstić information content (AvgIpc) is 2.49. The van der Waals surface area contributed by atoms with Crippen LogP contribution in [0, 0.1) is 11.3 Å². The van der Waals surface area contributed by atoms with Gasteiger partial charge in [0.15, 0.2) is 0 Å². The fourth-order valence-electron chi connectivity index (χ4n) is 0.987. The number of nitrogens with zero attached hydrogens (tertiary/aromatic N) is 2. The van der Waals surface area contributed by atoms with E-state index in [2.05, 4.69) is 11.1 Å². The van der Waals surface area contributed by atoms with Gasteiger partial charge in [0.25, 0.3) is 0 Å². The molecule has 0 bridgehead atoms. The molecular weight excluding hydrogens is 192 g/mol. The highest BCUT2D eigenvalue weighted by atomic mass is 35.5. The topological polar surface area (TPSA) is 36.7 Å². The fraction of sp³-hybridized carbons (Fsp3) is 0. The third kappa shape index (κ3) is 1.06. The van der Waals surface area contributed by atoms with Crippen molar-refractivity contribution in [2.75, 3.05) is 0 Å². The van der Waals surface area contributed by atoms with E-state index in [1.807, 2.05) is 12.1 Å². The maximum atomic E-state index is 8.63. The molecule has 0 fully saturated rings. The molecule has 4 heteroatoms. The van der Waals surface area contributed by atoms with E-state index in [0.717, 1.165) is 10.1 Å². The van der Waals surface area contributed by atoms with Crippen LogP contribution in [0.25, 0.3) is 10.1 Å². The Balaban J connectivity index is 2.85. The molecule has 2 heterocycles. The zero-order valence-electron chi connectivity index (χ0n) is 5.91. The Kier molecular flexibility index (Phi) is 1.72. The third-order valence-corrected chi connectivity index (χ3v) is 2.96. The van der Waals surface area contributed by atoms with Crippen LogP contribution in [0.1, 0.15) is 4.88 Å². The quantitative estimate of drug-likeness (QED) is 0.605. The second-order valence-corrected chi connectivity index (χ2v) is 3.65. The van der Waals surface area contributed by atoms with Gasteiger partial charge >= 0.3 is 0 Å². The summed E-state index contributed by atoms with van der Waals surface area (Å²) in [7, 11) is 0. The first-order valence-corrected chi connectivity index (χ1v) is 4.45. The van der Waals surface area contributed by atoms with Gasteiger partial charge in [-0.25, -0.2) is 4.98 Å². The zero-order valence-corrected chi connectivity index (χ0v) is 7.49. The van der Waals surface area contributed by atoms with Gasteiger partial charge in [0.05, 0.1) is 4.70 Å². The fourth-order valence-corrected chi connectivity index (χ4v) is 2.10. The largest absolute Gasteiger partial charge is 0.243 e. The maximum absolute atomic E-state index is 8.63. The Hall–Kier alpha value is -1.11. The Morgan fingerprint density at radius 2 is 2.42 bits per heavy atom. The number of hydrogen-bond donors (Lipinski definition) is 0. The van der Waals surface area contributed by atoms with Gasteiger partial charge < -0.3 is 0 Å². The molecule has 2 aromatic heterocycles. The molecule has 2 nitrogen and oxygen atoms in total. The molecule has 0 saturated carbocycles. The predicted molar refractivity (Wildman–Crippen MR) is 49.3 cm³/mol. The number of pyridine rings is 1. The lowest BCUT2D eigenvalue weighted by Crippen LogP contribution is -1.70. The van der Waals surface area contributed by atoms with Crippen molar-refractivity contribution in [3.8, 4) is 6.07 Å². The van der Waals surface area contributed by atoms with Crippen molar-refractivity contribution >= 4 is 33.0 Å². The molecule has 0 aliphatic rings. The highest BCUT2D eigenvalue weighted by Crippen LogP contribution is 2.29. The van der Waals surface area contributed by atoms with Crippen molar-refractivity contribution in [3.05, 3.63) is 28.4 Å². The molecule has 0 aliphatic carbocycles. The lowest BCUT2D eigenvalue weighted by Gasteiger charge is -1.88. The number of halogens is 1. The van der Waals surface area contributed by atoms with Crippen molar-refractivity contribution in [1.29, 1.82) is 5.26 Å². The smallest absolute Gasteiger partial charge is 0.146 e. The second-order valence-electron chi connectivity index (χ2n) is 2.24. The zero-order chi connectivity index (χ0) is 8.55. The molecule has 58 valence electrons. The average molecular weight is 195 g/mol. The first-order valence-electron chi connectivity index (χ1n) is 3.25. The Morgan fingerprint density at radius 1 is 1.58 bits per heavy atom. The summed E-state index contributed by atoms with van der Waals surface area (Å²) >= 11 is 7.19. The summed E-state index contributed by atoms with van der Waals surface area (Å²) in [6.07, 6.45) is 1.64. The monoisotopic (exact) mass is 194 g/mol. The molecule has 0 unspecified atom stereocenters. The van der Waals surface area contributed by atoms with Crippen LogP contribution in [-0.4, -0.2) is 4.98 Å². The second kappa shape index (κ2) is 2.74. The van der Waals surface area contributed by atoms with Crippen LogP contribution in [0.2, 0.25) is 5.15 Å². The summed E-state index contributed by atoms with van der Waals surface area (Å²) < 4.78 is 0.885. The van der Waals surface area contributed by atoms with Crippen LogP contribution in [0.5, 0.6) is 0 Å². The van der Waals surface area contributed by atoms with Crippen LogP contribution in [0.4, 0.5) is 0 Å². The lowest BCUT2D eigenvalue weighted by molar-refractivity contribution is 1.37. The molecule has 2 rings (SSSR count). The molecule has 0 amide bonds. The van der Waals surface area contributed by atoms with E-state index in [9.17, 15) is 0 Å². The Bertz CT molecular complexity index is 469. The van der Waals surface area contributed by atoms with E-state index in [4.69, 9.17) is 16.9 Å². The summed E-state index contributed by atoms with van der Waals surface area (Å²) in [6.45, 7) is 0. The molecule has 0 radical (unpaired) electrons. The van der Waals surface area contributed by atoms with Crippen molar-refractivity contribution < 1.29 is 0 Å². The number of nitriles is 1. The standard InChI is InChI=1S/C8H3ClN2S/c9-8-7-5(1-2-11-8)3-6(4-10)12-7/h1-3H. The first kappa shape index (κ1) is 7.53. The molecule has 2 aromatic rings. The van der Waals surface area contributed by atoms with Gasteiger partial charge in [-0.15, -0.1) is 11.3 Å². The van der Waals surface area contributed by atoms with Gasteiger partial charge in [-0.2, -0.15) is 5.26 Å². The van der Waals surface area contributed by atoms with Crippen LogP contribution < -0.4 is 0 Å². The van der Waals surface area contributed by atoms with Crippen molar-refractivity contribution in [1.82, 2.24) is 4.98 Å². The van der Waals surface area contributed by atoms with Gasteiger partial charge in [0.2, 0.25) is 0 Å². The molecule has 0 saturated heterocycles. The maximum Gasteiger partial charge on any atom is 0.146 e.